The van der Waals surface area contributed by atoms with Crippen molar-refractivity contribution in [3.63, 3.8) is 0 Å². The zero-order valence-corrected chi connectivity index (χ0v) is 12.4. The van der Waals surface area contributed by atoms with Crippen LogP contribution in [-0.2, 0) is 6.18 Å². The highest BCUT2D eigenvalue weighted by molar-refractivity contribution is 5.77. The lowest BCUT2D eigenvalue weighted by molar-refractivity contribution is -0.137. The van der Waals surface area contributed by atoms with Gasteiger partial charge in [-0.15, -0.1) is 0 Å². The fourth-order valence-electron chi connectivity index (χ4n) is 2.32. The summed E-state index contributed by atoms with van der Waals surface area (Å²) in [6.07, 6.45) is -5.77. The van der Waals surface area contributed by atoms with E-state index in [9.17, 15) is 27.1 Å². The van der Waals surface area contributed by atoms with Crippen molar-refractivity contribution in [1.82, 2.24) is 9.97 Å². The van der Waals surface area contributed by atoms with Gasteiger partial charge in [-0.2, -0.15) is 22.0 Å². The second kappa shape index (κ2) is 6.32. The monoisotopic (exact) mass is 358 g/mol. The number of aromatic nitrogens is 2. The van der Waals surface area contributed by atoms with E-state index in [0.29, 0.717) is 5.52 Å². The minimum Gasteiger partial charge on any atom is -0.435 e. The van der Waals surface area contributed by atoms with Crippen LogP contribution < -0.4 is 4.74 Å². The highest BCUT2D eigenvalue weighted by Gasteiger charge is 2.30. The molecule has 3 aromatic rings. The van der Waals surface area contributed by atoms with Gasteiger partial charge in [-0.05, 0) is 29.8 Å². The summed E-state index contributed by atoms with van der Waals surface area (Å²) in [5.74, 6) is -0.0199. The van der Waals surface area contributed by atoms with Crippen LogP contribution in [0, 0.1) is 0 Å². The number of hydrogen-bond acceptors (Lipinski definition) is 3. The van der Waals surface area contributed by atoms with Crippen molar-refractivity contribution in [2.75, 3.05) is 0 Å². The molecule has 0 bridgehead atoms. The molecular weight excluding hydrogens is 347 g/mol. The van der Waals surface area contributed by atoms with Crippen molar-refractivity contribution >= 4 is 11.0 Å². The number of aliphatic hydroxyl groups is 1. The van der Waals surface area contributed by atoms with E-state index in [-0.39, 0.29) is 22.7 Å². The Bertz CT molecular complexity index is 874. The van der Waals surface area contributed by atoms with Crippen molar-refractivity contribution in [3.05, 3.63) is 59.4 Å². The quantitative estimate of drug-likeness (QED) is 0.685. The summed E-state index contributed by atoms with van der Waals surface area (Å²) in [5.41, 5.74) is 0.111. The molecule has 2 N–H and O–H groups in total. The van der Waals surface area contributed by atoms with Gasteiger partial charge < -0.3 is 14.8 Å². The third kappa shape index (κ3) is 3.71. The smallest absolute Gasteiger partial charge is 0.416 e. The Hall–Kier alpha value is -2.68. The molecule has 3 rings (SSSR count). The Kier molecular flexibility index (Phi) is 4.34. The fourth-order valence-corrected chi connectivity index (χ4v) is 2.32. The number of H-pyrrole nitrogens is 1. The third-order valence-corrected chi connectivity index (χ3v) is 3.51. The number of ether oxygens (including phenoxy) is 1. The first-order valence-corrected chi connectivity index (χ1v) is 7.04. The van der Waals surface area contributed by atoms with Crippen molar-refractivity contribution in [2.45, 2.75) is 18.9 Å². The summed E-state index contributed by atoms with van der Waals surface area (Å²) in [5, 5.41) is 10.3. The zero-order chi connectivity index (χ0) is 18.2. The summed E-state index contributed by atoms with van der Waals surface area (Å²) in [6, 6.07) is 8.02. The van der Waals surface area contributed by atoms with E-state index in [0.717, 1.165) is 24.3 Å². The number of benzene rings is 2. The Morgan fingerprint density at radius 1 is 1.04 bits per heavy atom. The number of aliphatic hydroxyl groups excluding tert-OH is 1. The van der Waals surface area contributed by atoms with Gasteiger partial charge in [0.15, 0.2) is 0 Å². The predicted octanol–water partition coefficient (Wildman–Crippen LogP) is 4.26. The molecule has 25 heavy (non-hydrogen) atoms. The number of nitrogens with zero attached hydrogens (tertiary/aromatic N) is 1. The van der Waals surface area contributed by atoms with E-state index < -0.39 is 24.5 Å². The lowest BCUT2D eigenvalue weighted by Gasteiger charge is -2.10. The largest absolute Gasteiger partial charge is 0.435 e. The molecule has 1 heterocycles. The van der Waals surface area contributed by atoms with Crippen LogP contribution in [0.3, 0.4) is 0 Å². The maximum absolute atomic E-state index is 12.6. The van der Waals surface area contributed by atoms with Crippen LogP contribution in [-0.4, -0.2) is 21.7 Å². The molecule has 0 fully saturated rings. The third-order valence-electron chi connectivity index (χ3n) is 3.51. The van der Waals surface area contributed by atoms with Gasteiger partial charge >= 0.3 is 12.8 Å². The van der Waals surface area contributed by atoms with Crippen molar-refractivity contribution < 1.29 is 31.8 Å². The molecule has 1 unspecified atom stereocenters. The van der Waals surface area contributed by atoms with Crippen LogP contribution in [0.2, 0.25) is 0 Å². The van der Waals surface area contributed by atoms with E-state index >= 15 is 0 Å². The van der Waals surface area contributed by atoms with Gasteiger partial charge in [0.25, 0.3) is 0 Å². The molecule has 0 spiro atoms. The standard InChI is InChI=1S/C16H11F5N2O2/c17-15(18)25-10-5-6-11-12(7-10)23-14(22-11)13(24)8-1-3-9(4-2-8)16(19,20)21/h1-7,13,15,24H,(H,22,23). The van der Waals surface area contributed by atoms with Crippen LogP contribution in [0.25, 0.3) is 11.0 Å². The molecule has 0 aliphatic rings. The first kappa shape index (κ1) is 17.2. The Balaban J connectivity index is 1.87. The summed E-state index contributed by atoms with van der Waals surface area (Å²) >= 11 is 0. The number of rotatable bonds is 4. The first-order chi connectivity index (χ1) is 11.7. The molecule has 9 heteroatoms. The van der Waals surface area contributed by atoms with E-state index in [4.69, 9.17) is 0 Å². The highest BCUT2D eigenvalue weighted by Crippen LogP contribution is 2.31. The molecule has 1 atom stereocenters. The molecule has 0 aliphatic heterocycles. The number of fused-ring (bicyclic) bond motifs is 1. The average Bonchev–Trinajstić information content (AvgIpc) is 2.96. The Morgan fingerprint density at radius 3 is 2.32 bits per heavy atom. The van der Waals surface area contributed by atoms with Gasteiger partial charge in [-0.3, -0.25) is 0 Å². The molecule has 0 aliphatic carbocycles. The normalized spacial score (nSPS) is 13.4. The van der Waals surface area contributed by atoms with Gasteiger partial charge in [0.1, 0.15) is 17.7 Å². The second-order valence-corrected chi connectivity index (χ2v) is 5.20. The number of aromatic amines is 1. The van der Waals surface area contributed by atoms with Crippen LogP contribution in [0.1, 0.15) is 23.1 Å². The molecule has 0 saturated heterocycles. The molecule has 2 aromatic carbocycles. The Morgan fingerprint density at radius 2 is 1.72 bits per heavy atom. The summed E-state index contributed by atoms with van der Waals surface area (Å²) in [6.45, 7) is -2.98. The molecular formula is C16H11F5N2O2. The van der Waals surface area contributed by atoms with Gasteiger partial charge in [0.2, 0.25) is 0 Å². The molecule has 0 amide bonds. The average molecular weight is 358 g/mol. The van der Waals surface area contributed by atoms with E-state index in [1.54, 1.807) is 0 Å². The van der Waals surface area contributed by atoms with E-state index in [1.165, 1.54) is 18.2 Å². The van der Waals surface area contributed by atoms with Gasteiger partial charge in [0, 0.05) is 6.07 Å². The SMILES string of the molecule is OC(c1ccc(C(F)(F)F)cc1)c1nc2cc(OC(F)F)ccc2[nH]1. The van der Waals surface area contributed by atoms with Crippen LogP contribution in [0.4, 0.5) is 22.0 Å². The van der Waals surface area contributed by atoms with Crippen molar-refractivity contribution in [1.29, 1.82) is 0 Å². The molecule has 0 saturated carbocycles. The summed E-state index contributed by atoms with van der Waals surface area (Å²) in [7, 11) is 0. The maximum atomic E-state index is 12.6. The zero-order valence-electron chi connectivity index (χ0n) is 12.4. The number of halogens is 5. The minimum absolute atomic E-state index is 0.0731. The van der Waals surface area contributed by atoms with E-state index in [1.807, 2.05) is 0 Å². The number of nitrogens with one attached hydrogen (secondary N) is 1. The van der Waals surface area contributed by atoms with Crippen LogP contribution in [0.15, 0.2) is 42.5 Å². The summed E-state index contributed by atoms with van der Waals surface area (Å²) in [4.78, 5) is 6.87. The first-order valence-electron chi connectivity index (χ1n) is 7.04. The van der Waals surface area contributed by atoms with Crippen molar-refractivity contribution in [3.8, 4) is 5.75 Å². The Labute approximate surface area is 137 Å². The van der Waals surface area contributed by atoms with E-state index in [2.05, 4.69) is 14.7 Å². The lowest BCUT2D eigenvalue weighted by Crippen LogP contribution is -2.06. The molecule has 4 nitrogen and oxygen atoms in total. The van der Waals surface area contributed by atoms with Gasteiger partial charge in [-0.1, -0.05) is 12.1 Å². The maximum Gasteiger partial charge on any atom is 0.416 e. The molecule has 0 radical (unpaired) electrons. The van der Waals surface area contributed by atoms with Crippen LogP contribution in [0.5, 0.6) is 5.75 Å². The fraction of sp³-hybridized carbons (Fsp3) is 0.188. The highest BCUT2D eigenvalue weighted by atomic mass is 19.4. The second-order valence-electron chi connectivity index (χ2n) is 5.20. The minimum atomic E-state index is -4.47. The predicted molar refractivity (Wildman–Crippen MR) is 78.2 cm³/mol. The molecule has 1 aromatic heterocycles. The van der Waals surface area contributed by atoms with Gasteiger partial charge in [0.05, 0.1) is 16.6 Å². The number of alkyl halides is 5. The molecule has 132 valence electrons. The topological polar surface area (TPSA) is 58.1 Å². The van der Waals surface area contributed by atoms with Crippen molar-refractivity contribution in [2.24, 2.45) is 0 Å². The number of hydrogen-bond donors (Lipinski definition) is 2. The summed E-state index contributed by atoms with van der Waals surface area (Å²) < 4.78 is 66.4. The lowest BCUT2D eigenvalue weighted by atomic mass is 10.1. The number of imidazole rings is 1. The van der Waals surface area contributed by atoms with Gasteiger partial charge in [-0.25, -0.2) is 4.98 Å². The van der Waals surface area contributed by atoms with Crippen LogP contribution >= 0.6 is 0 Å².